The minimum atomic E-state index is 0.855. The summed E-state index contributed by atoms with van der Waals surface area (Å²) in [6.07, 6.45) is 8.65. The van der Waals surface area contributed by atoms with Crippen molar-refractivity contribution in [2.45, 2.75) is 52.4 Å². The first-order chi connectivity index (χ1) is 8.74. The third-order valence-electron chi connectivity index (χ3n) is 4.17. The van der Waals surface area contributed by atoms with Gasteiger partial charge in [-0.15, -0.1) is 0 Å². The molecule has 0 spiro atoms. The molecule has 0 saturated heterocycles. The molecule has 0 aromatic heterocycles. The van der Waals surface area contributed by atoms with E-state index in [1.165, 1.54) is 71.2 Å². The second kappa shape index (κ2) is 7.49. The van der Waals surface area contributed by atoms with Crippen LogP contribution in [0.3, 0.4) is 0 Å². The summed E-state index contributed by atoms with van der Waals surface area (Å²) in [7, 11) is 0. The first kappa shape index (κ1) is 14.3. The van der Waals surface area contributed by atoms with E-state index in [1.807, 2.05) is 0 Å². The molecule has 0 aliphatic heterocycles. The molecule has 2 nitrogen and oxygen atoms in total. The topological polar surface area (TPSA) is 15.3 Å². The summed E-state index contributed by atoms with van der Waals surface area (Å²) in [5, 5.41) is 3.62. The molecule has 0 unspecified atom stereocenters. The molecule has 2 aliphatic carbocycles. The van der Waals surface area contributed by atoms with Crippen molar-refractivity contribution in [1.82, 2.24) is 10.2 Å². The van der Waals surface area contributed by atoms with Gasteiger partial charge in [0.15, 0.2) is 0 Å². The zero-order chi connectivity index (χ0) is 12.8. The Balaban J connectivity index is 1.48. The van der Waals surface area contributed by atoms with Crippen LogP contribution in [0.4, 0.5) is 0 Å². The summed E-state index contributed by atoms with van der Waals surface area (Å²) in [4.78, 5) is 2.73. The van der Waals surface area contributed by atoms with Crippen LogP contribution >= 0.6 is 0 Å². The lowest BCUT2D eigenvalue weighted by atomic mass is 10.1. The third-order valence-corrected chi connectivity index (χ3v) is 4.17. The van der Waals surface area contributed by atoms with Gasteiger partial charge >= 0.3 is 0 Å². The van der Waals surface area contributed by atoms with Crippen molar-refractivity contribution in [2.75, 3.05) is 32.7 Å². The quantitative estimate of drug-likeness (QED) is 0.568. The van der Waals surface area contributed by atoms with Crippen molar-refractivity contribution >= 4 is 0 Å². The molecule has 0 heterocycles. The molecule has 0 aromatic carbocycles. The number of rotatable bonds is 11. The number of hydrogen-bond donors (Lipinski definition) is 1. The fraction of sp³-hybridized carbons (Fsp3) is 1.00. The van der Waals surface area contributed by atoms with Crippen molar-refractivity contribution in [1.29, 1.82) is 0 Å². The Kier molecular flexibility index (Phi) is 5.97. The lowest BCUT2D eigenvalue weighted by Crippen LogP contribution is -2.35. The molecule has 106 valence electrons. The van der Waals surface area contributed by atoms with Gasteiger partial charge in [-0.3, -0.25) is 0 Å². The zero-order valence-corrected chi connectivity index (χ0v) is 12.5. The lowest BCUT2D eigenvalue weighted by Gasteiger charge is -2.22. The smallest absolute Gasteiger partial charge is 0.0107 e. The minimum Gasteiger partial charge on any atom is -0.315 e. The molecule has 0 aromatic rings. The SMILES string of the molecule is CC(C)CCCNCCN(CC1CC1)CC1CC1. The summed E-state index contributed by atoms with van der Waals surface area (Å²) >= 11 is 0. The Morgan fingerprint density at radius 1 is 1.00 bits per heavy atom. The summed E-state index contributed by atoms with van der Waals surface area (Å²) in [5.74, 6) is 2.95. The van der Waals surface area contributed by atoms with Crippen LogP contribution in [0.25, 0.3) is 0 Å². The fourth-order valence-corrected chi connectivity index (χ4v) is 2.59. The van der Waals surface area contributed by atoms with Crippen LogP contribution in [0.5, 0.6) is 0 Å². The predicted molar refractivity (Wildman–Crippen MR) is 78.8 cm³/mol. The summed E-state index contributed by atoms with van der Waals surface area (Å²) < 4.78 is 0. The average Bonchev–Trinajstić information content (AvgIpc) is 3.18. The van der Waals surface area contributed by atoms with Gasteiger partial charge in [0.2, 0.25) is 0 Å². The van der Waals surface area contributed by atoms with Crippen LogP contribution < -0.4 is 5.32 Å². The van der Waals surface area contributed by atoms with E-state index in [1.54, 1.807) is 0 Å². The van der Waals surface area contributed by atoms with Crippen LogP contribution in [-0.4, -0.2) is 37.6 Å². The second-order valence-corrected chi connectivity index (χ2v) is 6.93. The van der Waals surface area contributed by atoms with Crippen molar-refractivity contribution in [3.63, 3.8) is 0 Å². The molecule has 2 saturated carbocycles. The van der Waals surface area contributed by atoms with E-state index in [0.717, 1.165) is 17.8 Å². The first-order valence-electron chi connectivity index (χ1n) is 8.17. The molecule has 18 heavy (non-hydrogen) atoms. The van der Waals surface area contributed by atoms with Crippen LogP contribution in [0.15, 0.2) is 0 Å². The molecule has 2 aliphatic rings. The number of nitrogens with one attached hydrogen (secondary N) is 1. The van der Waals surface area contributed by atoms with Gasteiger partial charge in [0.25, 0.3) is 0 Å². The third kappa shape index (κ3) is 6.75. The Bertz CT molecular complexity index is 205. The summed E-state index contributed by atoms with van der Waals surface area (Å²) in [5.41, 5.74) is 0. The normalized spacial score (nSPS) is 20.0. The van der Waals surface area contributed by atoms with Crippen LogP contribution in [0.1, 0.15) is 52.4 Å². The van der Waals surface area contributed by atoms with Gasteiger partial charge in [-0.05, 0) is 62.8 Å². The van der Waals surface area contributed by atoms with E-state index in [9.17, 15) is 0 Å². The van der Waals surface area contributed by atoms with Gasteiger partial charge in [-0.25, -0.2) is 0 Å². The van der Waals surface area contributed by atoms with Crippen LogP contribution in [0, 0.1) is 17.8 Å². The number of nitrogens with zero attached hydrogens (tertiary/aromatic N) is 1. The lowest BCUT2D eigenvalue weighted by molar-refractivity contribution is 0.252. The maximum absolute atomic E-state index is 3.62. The van der Waals surface area contributed by atoms with E-state index < -0.39 is 0 Å². The van der Waals surface area contributed by atoms with Gasteiger partial charge in [0.1, 0.15) is 0 Å². The molecular formula is C16H32N2. The van der Waals surface area contributed by atoms with Gasteiger partial charge in [0, 0.05) is 26.2 Å². The van der Waals surface area contributed by atoms with Gasteiger partial charge in [0.05, 0.1) is 0 Å². The Hall–Kier alpha value is -0.0800. The minimum absolute atomic E-state index is 0.855. The van der Waals surface area contributed by atoms with Gasteiger partial charge < -0.3 is 10.2 Å². The predicted octanol–water partition coefficient (Wildman–Crippen LogP) is 3.13. The Morgan fingerprint density at radius 2 is 1.61 bits per heavy atom. The molecule has 0 atom stereocenters. The maximum Gasteiger partial charge on any atom is 0.0107 e. The molecule has 1 N–H and O–H groups in total. The van der Waals surface area contributed by atoms with Crippen LogP contribution in [0.2, 0.25) is 0 Å². The summed E-state index contributed by atoms with van der Waals surface area (Å²) in [6, 6.07) is 0. The molecule has 2 fully saturated rings. The van der Waals surface area contributed by atoms with Crippen molar-refractivity contribution in [2.24, 2.45) is 17.8 Å². The molecule has 0 radical (unpaired) electrons. The van der Waals surface area contributed by atoms with E-state index in [2.05, 4.69) is 24.1 Å². The largest absolute Gasteiger partial charge is 0.315 e. The first-order valence-corrected chi connectivity index (χ1v) is 8.17. The van der Waals surface area contributed by atoms with E-state index in [0.29, 0.717) is 0 Å². The second-order valence-electron chi connectivity index (χ2n) is 6.93. The van der Waals surface area contributed by atoms with E-state index >= 15 is 0 Å². The zero-order valence-electron chi connectivity index (χ0n) is 12.5. The highest BCUT2D eigenvalue weighted by atomic mass is 15.1. The van der Waals surface area contributed by atoms with Gasteiger partial charge in [-0.1, -0.05) is 13.8 Å². The number of hydrogen-bond acceptors (Lipinski definition) is 2. The molecular weight excluding hydrogens is 220 g/mol. The van der Waals surface area contributed by atoms with E-state index in [4.69, 9.17) is 0 Å². The monoisotopic (exact) mass is 252 g/mol. The molecule has 0 bridgehead atoms. The summed E-state index contributed by atoms with van der Waals surface area (Å²) in [6.45, 7) is 11.1. The molecule has 2 heteroatoms. The van der Waals surface area contributed by atoms with Crippen LogP contribution in [-0.2, 0) is 0 Å². The highest BCUT2D eigenvalue weighted by molar-refractivity contribution is 4.82. The van der Waals surface area contributed by atoms with Crippen molar-refractivity contribution in [3.8, 4) is 0 Å². The highest BCUT2D eigenvalue weighted by Gasteiger charge is 2.28. The van der Waals surface area contributed by atoms with Gasteiger partial charge in [-0.2, -0.15) is 0 Å². The van der Waals surface area contributed by atoms with E-state index in [-0.39, 0.29) is 0 Å². The van der Waals surface area contributed by atoms with Crippen molar-refractivity contribution in [3.05, 3.63) is 0 Å². The molecule has 2 rings (SSSR count). The Labute approximate surface area is 114 Å². The standard InChI is InChI=1S/C16H32N2/c1-14(2)4-3-9-17-10-11-18(12-15-5-6-15)13-16-7-8-16/h14-17H,3-13H2,1-2H3. The van der Waals surface area contributed by atoms with Crippen molar-refractivity contribution < 1.29 is 0 Å². The average molecular weight is 252 g/mol. The Morgan fingerprint density at radius 3 is 2.11 bits per heavy atom. The highest BCUT2D eigenvalue weighted by Crippen LogP contribution is 2.33. The fourth-order valence-electron chi connectivity index (χ4n) is 2.59. The maximum atomic E-state index is 3.62. The molecule has 0 amide bonds.